The van der Waals surface area contributed by atoms with Gasteiger partial charge in [-0.1, -0.05) is 18.7 Å². The van der Waals surface area contributed by atoms with Crippen LogP contribution in [-0.4, -0.2) is 25.0 Å². The van der Waals surface area contributed by atoms with Crippen LogP contribution >= 0.6 is 11.3 Å². The highest BCUT2D eigenvalue weighted by molar-refractivity contribution is 7.24. The molecule has 5 nitrogen and oxygen atoms in total. The van der Waals surface area contributed by atoms with Gasteiger partial charge in [-0.05, 0) is 37.3 Å². The Balaban J connectivity index is 1.75. The van der Waals surface area contributed by atoms with E-state index in [1.807, 2.05) is 18.2 Å². The van der Waals surface area contributed by atoms with Gasteiger partial charge in [0.05, 0.1) is 0 Å². The lowest BCUT2D eigenvalue weighted by Gasteiger charge is -2.08. The van der Waals surface area contributed by atoms with Gasteiger partial charge in [0.15, 0.2) is 12.0 Å². The molecule has 6 heteroatoms. The fraction of sp³-hybridized carbons (Fsp3) is 0.150. The van der Waals surface area contributed by atoms with E-state index in [4.69, 9.17) is 9.47 Å². The number of hydrogen-bond acceptors (Lipinski definition) is 6. The van der Waals surface area contributed by atoms with Crippen LogP contribution in [0, 0.1) is 0 Å². The van der Waals surface area contributed by atoms with Crippen molar-refractivity contribution < 1.29 is 19.1 Å². The molecule has 0 saturated carbocycles. The molecule has 1 aromatic heterocycles. The van der Waals surface area contributed by atoms with E-state index in [0.717, 1.165) is 9.40 Å². The standard InChI is InChI=1S/C20H16O5S/c1-12(2)20(23)25-11-13(21)10-24-14-7-8-18-16(9-14)19(22)15-5-3-4-6-17(15)26-18/h3-9H,1,10-11H2,2H3. The molecule has 1 heterocycles. The summed E-state index contributed by atoms with van der Waals surface area (Å²) in [6.45, 7) is 4.32. The number of benzene rings is 2. The molecule has 0 aliphatic heterocycles. The van der Waals surface area contributed by atoms with Gasteiger partial charge in [0.25, 0.3) is 0 Å². The molecule has 0 bridgehead atoms. The van der Waals surface area contributed by atoms with Crippen LogP contribution in [0.5, 0.6) is 5.75 Å². The third-order valence-corrected chi connectivity index (χ3v) is 4.81. The quantitative estimate of drug-likeness (QED) is 0.378. The highest BCUT2D eigenvalue weighted by Crippen LogP contribution is 2.27. The number of esters is 1. The molecule has 0 radical (unpaired) electrons. The molecule has 132 valence electrons. The van der Waals surface area contributed by atoms with Gasteiger partial charge in [-0.2, -0.15) is 0 Å². The Labute approximate surface area is 153 Å². The Morgan fingerprint density at radius 2 is 1.77 bits per heavy atom. The van der Waals surface area contributed by atoms with Crippen LogP contribution in [0.25, 0.3) is 20.2 Å². The lowest BCUT2D eigenvalue weighted by Crippen LogP contribution is -2.20. The van der Waals surface area contributed by atoms with E-state index in [1.165, 1.54) is 18.3 Å². The molecule has 0 spiro atoms. The Morgan fingerprint density at radius 3 is 2.54 bits per heavy atom. The molecule has 26 heavy (non-hydrogen) atoms. The Bertz CT molecular complexity index is 1080. The van der Waals surface area contributed by atoms with Crippen molar-refractivity contribution in [3.63, 3.8) is 0 Å². The second-order valence-electron chi connectivity index (χ2n) is 5.77. The summed E-state index contributed by atoms with van der Waals surface area (Å²) in [5.41, 5.74) is 0.159. The SMILES string of the molecule is C=C(C)C(=O)OCC(=O)COc1ccc2sc3ccccc3c(=O)c2c1. The summed E-state index contributed by atoms with van der Waals surface area (Å²) in [5, 5.41) is 1.21. The molecule has 3 rings (SSSR count). The zero-order chi connectivity index (χ0) is 18.7. The van der Waals surface area contributed by atoms with Crippen molar-refractivity contribution in [2.24, 2.45) is 0 Å². The van der Waals surface area contributed by atoms with E-state index in [2.05, 4.69) is 6.58 Å². The molecule has 0 amide bonds. The second-order valence-corrected chi connectivity index (χ2v) is 6.85. The van der Waals surface area contributed by atoms with Crippen molar-refractivity contribution >= 4 is 43.3 Å². The Morgan fingerprint density at radius 1 is 1.04 bits per heavy atom. The van der Waals surface area contributed by atoms with Gasteiger partial charge in [0, 0.05) is 25.7 Å². The van der Waals surface area contributed by atoms with Crippen LogP contribution < -0.4 is 10.2 Å². The van der Waals surface area contributed by atoms with Crippen LogP contribution in [0.15, 0.2) is 59.4 Å². The first-order valence-corrected chi connectivity index (χ1v) is 8.70. The molecular formula is C20H16O5S. The van der Waals surface area contributed by atoms with Crippen molar-refractivity contribution in [3.05, 3.63) is 64.8 Å². The third kappa shape index (κ3) is 3.81. The zero-order valence-electron chi connectivity index (χ0n) is 14.1. The van der Waals surface area contributed by atoms with Crippen molar-refractivity contribution in [2.75, 3.05) is 13.2 Å². The summed E-state index contributed by atoms with van der Waals surface area (Å²) in [6, 6.07) is 12.6. The predicted molar refractivity (Wildman–Crippen MR) is 102 cm³/mol. The minimum absolute atomic E-state index is 0.0680. The topological polar surface area (TPSA) is 69.7 Å². The average molecular weight is 368 g/mol. The first-order valence-electron chi connectivity index (χ1n) is 7.88. The summed E-state index contributed by atoms with van der Waals surface area (Å²) in [4.78, 5) is 35.7. The maximum Gasteiger partial charge on any atom is 0.333 e. The lowest BCUT2D eigenvalue weighted by molar-refractivity contribution is -0.144. The smallest absolute Gasteiger partial charge is 0.333 e. The average Bonchev–Trinajstić information content (AvgIpc) is 2.64. The van der Waals surface area contributed by atoms with Crippen molar-refractivity contribution in [3.8, 4) is 5.75 Å². The Hall–Kier alpha value is -2.99. The maximum absolute atomic E-state index is 12.6. The monoisotopic (exact) mass is 368 g/mol. The number of carbonyl (C=O) groups is 2. The van der Waals surface area contributed by atoms with Gasteiger partial charge in [0.2, 0.25) is 5.78 Å². The summed E-state index contributed by atoms with van der Waals surface area (Å²) in [6.07, 6.45) is 0. The predicted octanol–water partition coefficient (Wildman–Crippen LogP) is 3.48. The number of carbonyl (C=O) groups excluding carboxylic acids is 2. The highest BCUT2D eigenvalue weighted by atomic mass is 32.1. The van der Waals surface area contributed by atoms with Crippen molar-refractivity contribution in [1.29, 1.82) is 0 Å². The van der Waals surface area contributed by atoms with Crippen LogP contribution in [0.3, 0.4) is 0 Å². The van der Waals surface area contributed by atoms with Crippen molar-refractivity contribution in [2.45, 2.75) is 6.92 Å². The molecule has 0 unspecified atom stereocenters. The largest absolute Gasteiger partial charge is 0.486 e. The van der Waals surface area contributed by atoms with Crippen molar-refractivity contribution in [1.82, 2.24) is 0 Å². The van der Waals surface area contributed by atoms with Crippen LogP contribution in [0.2, 0.25) is 0 Å². The van der Waals surface area contributed by atoms with E-state index in [9.17, 15) is 14.4 Å². The second kappa shape index (κ2) is 7.49. The third-order valence-electron chi connectivity index (χ3n) is 3.66. The van der Waals surface area contributed by atoms with Gasteiger partial charge >= 0.3 is 5.97 Å². The fourth-order valence-electron chi connectivity index (χ4n) is 2.35. The number of fused-ring (bicyclic) bond motifs is 2. The number of ketones is 1. The lowest BCUT2D eigenvalue weighted by atomic mass is 10.2. The molecule has 0 atom stereocenters. The Kier molecular flexibility index (Phi) is 5.14. The molecule has 0 aliphatic rings. The summed E-state index contributed by atoms with van der Waals surface area (Å²) < 4.78 is 12.0. The molecule has 0 N–H and O–H groups in total. The highest BCUT2D eigenvalue weighted by Gasteiger charge is 2.10. The van der Waals surface area contributed by atoms with Gasteiger partial charge in [-0.3, -0.25) is 9.59 Å². The summed E-state index contributed by atoms with van der Waals surface area (Å²) in [5.74, 6) is -0.589. The summed E-state index contributed by atoms with van der Waals surface area (Å²) in [7, 11) is 0. The van der Waals surface area contributed by atoms with E-state index >= 15 is 0 Å². The molecule has 2 aromatic carbocycles. The molecular weight excluding hydrogens is 352 g/mol. The van der Waals surface area contributed by atoms with Gasteiger partial charge in [-0.25, -0.2) is 4.79 Å². The van der Waals surface area contributed by atoms with Crippen LogP contribution in [0.1, 0.15) is 6.92 Å². The van der Waals surface area contributed by atoms with Gasteiger partial charge < -0.3 is 9.47 Å². The molecule has 3 aromatic rings. The molecule has 0 saturated heterocycles. The first kappa shape index (κ1) is 17.8. The van der Waals surface area contributed by atoms with E-state index in [-0.39, 0.29) is 30.0 Å². The number of ether oxygens (including phenoxy) is 2. The van der Waals surface area contributed by atoms with E-state index in [1.54, 1.807) is 24.3 Å². The number of hydrogen-bond donors (Lipinski definition) is 0. The number of rotatable bonds is 6. The minimum Gasteiger partial charge on any atom is -0.486 e. The van der Waals surface area contributed by atoms with E-state index < -0.39 is 5.97 Å². The molecule has 0 aliphatic carbocycles. The maximum atomic E-state index is 12.6. The minimum atomic E-state index is -0.617. The zero-order valence-corrected chi connectivity index (χ0v) is 14.9. The first-order chi connectivity index (χ1) is 12.5. The summed E-state index contributed by atoms with van der Waals surface area (Å²) >= 11 is 1.52. The van der Waals surface area contributed by atoms with Gasteiger partial charge in [0.1, 0.15) is 12.4 Å². The normalized spacial score (nSPS) is 10.7. The number of Topliss-reactive ketones (excluding diaryl/α,β-unsaturated/α-hetero) is 1. The van der Waals surface area contributed by atoms with E-state index in [0.29, 0.717) is 16.5 Å². The van der Waals surface area contributed by atoms with Gasteiger partial charge in [-0.15, -0.1) is 11.3 Å². The van der Waals surface area contributed by atoms with Crippen LogP contribution in [0.4, 0.5) is 0 Å². The molecule has 0 fully saturated rings. The van der Waals surface area contributed by atoms with Crippen LogP contribution in [-0.2, 0) is 14.3 Å². The fourth-order valence-corrected chi connectivity index (χ4v) is 3.40.